The Hall–Kier alpha value is -2.66. The highest BCUT2D eigenvalue weighted by Crippen LogP contribution is 2.29. The first-order valence-electron chi connectivity index (χ1n) is 8.41. The summed E-state index contributed by atoms with van der Waals surface area (Å²) in [6, 6.07) is 17.8. The number of nitrogens with one attached hydrogen (secondary N) is 1. The van der Waals surface area contributed by atoms with Crippen LogP contribution in [0.25, 0.3) is 33.3 Å². The van der Waals surface area contributed by atoms with Crippen molar-refractivity contribution in [2.45, 2.75) is 13.8 Å². The fraction of sp³-hybridized carbons (Fsp3) is 0.143. The van der Waals surface area contributed by atoms with Crippen molar-refractivity contribution in [1.29, 1.82) is 0 Å². The summed E-state index contributed by atoms with van der Waals surface area (Å²) in [4.78, 5) is 16.5. The molecule has 0 bridgehead atoms. The number of oxazole rings is 1. The lowest BCUT2D eigenvalue weighted by molar-refractivity contribution is -0.118. The van der Waals surface area contributed by atoms with E-state index in [0.717, 1.165) is 32.0 Å². The molecule has 26 heavy (non-hydrogen) atoms. The molecule has 5 heteroatoms. The molecule has 0 spiro atoms. The monoisotopic (exact) mass is 408 g/mol. The Morgan fingerprint density at radius 2 is 1.81 bits per heavy atom. The number of amides is 1. The molecule has 0 atom stereocenters. The molecule has 130 valence electrons. The van der Waals surface area contributed by atoms with E-state index >= 15 is 0 Å². The Kier molecular flexibility index (Phi) is 4.24. The second-order valence-corrected chi connectivity index (χ2v) is 7.47. The molecule has 0 saturated carbocycles. The molecular weight excluding hydrogens is 392 g/mol. The smallest absolute Gasteiger partial charge is 0.227 e. The van der Waals surface area contributed by atoms with E-state index in [9.17, 15) is 4.79 Å². The maximum absolute atomic E-state index is 11.9. The van der Waals surface area contributed by atoms with Gasteiger partial charge in [0.25, 0.3) is 0 Å². The van der Waals surface area contributed by atoms with Crippen molar-refractivity contribution in [1.82, 2.24) is 4.98 Å². The number of halogens is 1. The molecule has 1 heterocycles. The lowest BCUT2D eigenvalue weighted by atomic mass is 10.1. The summed E-state index contributed by atoms with van der Waals surface area (Å²) >= 11 is 3.49. The first kappa shape index (κ1) is 16.8. The Bertz CT molecular complexity index is 1130. The molecule has 4 rings (SSSR count). The zero-order chi connectivity index (χ0) is 18.3. The van der Waals surface area contributed by atoms with E-state index in [-0.39, 0.29) is 11.8 Å². The van der Waals surface area contributed by atoms with Gasteiger partial charge in [-0.15, -0.1) is 0 Å². The van der Waals surface area contributed by atoms with Crippen LogP contribution in [0.4, 0.5) is 5.69 Å². The summed E-state index contributed by atoms with van der Waals surface area (Å²) in [7, 11) is 0. The average Bonchev–Trinajstić information content (AvgIpc) is 3.04. The summed E-state index contributed by atoms with van der Waals surface area (Å²) in [6.07, 6.45) is 0. The third-order valence-electron chi connectivity index (χ3n) is 4.23. The number of hydrogen-bond donors (Lipinski definition) is 1. The van der Waals surface area contributed by atoms with Gasteiger partial charge in [-0.25, -0.2) is 4.98 Å². The van der Waals surface area contributed by atoms with Gasteiger partial charge < -0.3 is 9.73 Å². The van der Waals surface area contributed by atoms with Crippen LogP contribution in [-0.4, -0.2) is 10.9 Å². The van der Waals surface area contributed by atoms with Gasteiger partial charge in [0.1, 0.15) is 5.52 Å². The average molecular weight is 409 g/mol. The number of anilines is 1. The van der Waals surface area contributed by atoms with Gasteiger partial charge in [-0.1, -0.05) is 41.9 Å². The molecule has 0 saturated heterocycles. The van der Waals surface area contributed by atoms with Gasteiger partial charge >= 0.3 is 0 Å². The van der Waals surface area contributed by atoms with E-state index < -0.39 is 0 Å². The molecule has 1 aromatic heterocycles. The molecule has 4 aromatic rings. The Labute approximate surface area is 159 Å². The van der Waals surface area contributed by atoms with E-state index in [1.54, 1.807) is 0 Å². The van der Waals surface area contributed by atoms with Gasteiger partial charge in [-0.05, 0) is 53.2 Å². The lowest BCUT2D eigenvalue weighted by Gasteiger charge is -2.06. The van der Waals surface area contributed by atoms with Crippen LogP contribution in [0.15, 0.2) is 63.5 Å². The van der Waals surface area contributed by atoms with E-state index in [1.807, 2.05) is 44.2 Å². The SMILES string of the molecule is CC(C)C(=O)Nc1ccc2oc(-c3ccc4cc(Br)ccc4c3)nc2c1. The molecular formula is C21H17BrN2O2. The summed E-state index contributed by atoms with van der Waals surface area (Å²) in [5.74, 6) is 0.474. The minimum Gasteiger partial charge on any atom is -0.436 e. The fourth-order valence-electron chi connectivity index (χ4n) is 2.76. The highest BCUT2D eigenvalue weighted by molar-refractivity contribution is 9.10. The molecule has 1 amide bonds. The molecule has 0 unspecified atom stereocenters. The van der Waals surface area contributed by atoms with E-state index in [2.05, 4.69) is 50.5 Å². The van der Waals surface area contributed by atoms with Gasteiger partial charge in [0.05, 0.1) is 0 Å². The maximum Gasteiger partial charge on any atom is 0.227 e. The maximum atomic E-state index is 11.9. The Morgan fingerprint density at radius 1 is 1.04 bits per heavy atom. The number of carbonyl (C=O) groups excluding carboxylic acids is 1. The predicted molar refractivity (Wildman–Crippen MR) is 108 cm³/mol. The van der Waals surface area contributed by atoms with Crippen molar-refractivity contribution in [3.8, 4) is 11.5 Å². The summed E-state index contributed by atoms with van der Waals surface area (Å²) < 4.78 is 6.95. The normalized spacial score (nSPS) is 11.4. The highest BCUT2D eigenvalue weighted by Gasteiger charge is 2.12. The fourth-order valence-corrected chi connectivity index (χ4v) is 3.14. The lowest BCUT2D eigenvalue weighted by Crippen LogP contribution is -2.17. The third-order valence-corrected chi connectivity index (χ3v) is 4.72. The highest BCUT2D eigenvalue weighted by atomic mass is 79.9. The van der Waals surface area contributed by atoms with Gasteiger partial charge in [0.15, 0.2) is 5.58 Å². The molecule has 0 radical (unpaired) electrons. The number of rotatable bonds is 3. The third kappa shape index (κ3) is 3.22. The number of fused-ring (bicyclic) bond motifs is 2. The van der Waals surface area contributed by atoms with E-state index in [4.69, 9.17) is 4.42 Å². The van der Waals surface area contributed by atoms with Crippen LogP contribution in [0.2, 0.25) is 0 Å². The van der Waals surface area contributed by atoms with Crippen LogP contribution in [0, 0.1) is 5.92 Å². The zero-order valence-corrected chi connectivity index (χ0v) is 16.0. The summed E-state index contributed by atoms with van der Waals surface area (Å²) in [6.45, 7) is 3.72. The zero-order valence-electron chi connectivity index (χ0n) is 14.4. The quantitative estimate of drug-likeness (QED) is 0.451. The van der Waals surface area contributed by atoms with Crippen molar-refractivity contribution < 1.29 is 9.21 Å². The first-order chi connectivity index (χ1) is 12.5. The topological polar surface area (TPSA) is 55.1 Å². The second kappa shape index (κ2) is 6.57. The number of nitrogens with zero attached hydrogens (tertiary/aromatic N) is 1. The van der Waals surface area contributed by atoms with Crippen LogP contribution in [-0.2, 0) is 4.79 Å². The standard InChI is InChI=1S/C21H17BrN2O2/c1-12(2)20(25)23-17-7-8-19-18(11-17)24-21(26-19)15-4-3-14-10-16(22)6-5-13(14)9-15/h3-12H,1-2H3,(H,23,25). The van der Waals surface area contributed by atoms with Crippen LogP contribution in [0.5, 0.6) is 0 Å². The van der Waals surface area contributed by atoms with E-state index in [0.29, 0.717) is 11.5 Å². The van der Waals surface area contributed by atoms with Gasteiger partial charge in [0, 0.05) is 21.6 Å². The van der Waals surface area contributed by atoms with Crippen molar-refractivity contribution in [3.63, 3.8) is 0 Å². The van der Waals surface area contributed by atoms with Gasteiger partial charge in [-0.2, -0.15) is 0 Å². The largest absolute Gasteiger partial charge is 0.436 e. The minimum atomic E-state index is -0.0730. The summed E-state index contributed by atoms with van der Waals surface area (Å²) in [5.41, 5.74) is 3.05. The molecule has 1 N–H and O–H groups in total. The van der Waals surface area contributed by atoms with Crippen molar-refractivity contribution in [2.75, 3.05) is 5.32 Å². The number of hydrogen-bond acceptors (Lipinski definition) is 3. The van der Waals surface area contributed by atoms with Crippen LogP contribution < -0.4 is 5.32 Å². The van der Waals surface area contributed by atoms with Crippen molar-refractivity contribution >= 4 is 49.4 Å². The molecule has 0 aliphatic carbocycles. The second-order valence-electron chi connectivity index (χ2n) is 6.55. The molecule has 4 nitrogen and oxygen atoms in total. The Balaban J connectivity index is 1.71. The Morgan fingerprint density at radius 3 is 2.62 bits per heavy atom. The van der Waals surface area contributed by atoms with Crippen LogP contribution in [0.3, 0.4) is 0 Å². The summed E-state index contributed by atoms with van der Waals surface area (Å²) in [5, 5.41) is 5.16. The van der Waals surface area contributed by atoms with E-state index in [1.165, 1.54) is 0 Å². The van der Waals surface area contributed by atoms with Gasteiger partial charge in [-0.3, -0.25) is 4.79 Å². The minimum absolute atomic E-state index is 0.0197. The number of carbonyl (C=O) groups is 1. The van der Waals surface area contributed by atoms with Crippen molar-refractivity contribution in [3.05, 3.63) is 59.1 Å². The molecule has 0 aliphatic rings. The number of aromatic nitrogens is 1. The van der Waals surface area contributed by atoms with Crippen LogP contribution in [0.1, 0.15) is 13.8 Å². The molecule has 0 fully saturated rings. The predicted octanol–water partition coefficient (Wildman–Crippen LogP) is 6.01. The molecule has 3 aromatic carbocycles. The first-order valence-corrected chi connectivity index (χ1v) is 9.20. The molecule has 0 aliphatic heterocycles. The van der Waals surface area contributed by atoms with Gasteiger partial charge in [0.2, 0.25) is 11.8 Å². The van der Waals surface area contributed by atoms with Crippen LogP contribution >= 0.6 is 15.9 Å². The van der Waals surface area contributed by atoms with Crippen molar-refractivity contribution in [2.24, 2.45) is 5.92 Å². The number of benzene rings is 3.